The molecule has 114 valence electrons. The molecule has 0 saturated heterocycles. The van der Waals surface area contributed by atoms with Gasteiger partial charge in [0.25, 0.3) is 0 Å². The number of hydrogen-bond acceptors (Lipinski definition) is 3. The Morgan fingerprint density at radius 3 is 2.67 bits per heavy atom. The first-order valence-corrected chi connectivity index (χ1v) is 7.39. The van der Waals surface area contributed by atoms with Crippen LogP contribution in [-0.4, -0.2) is 13.2 Å². The van der Waals surface area contributed by atoms with Gasteiger partial charge in [-0.3, -0.25) is 0 Å². The monoisotopic (exact) mass is 335 g/mol. The third-order valence-electron chi connectivity index (χ3n) is 2.64. The fraction of sp³-hybridized carbons (Fsp3) is 0.286. The van der Waals surface area contributed by atoms with Gasteiger partial charge in [-0.05, 0) is 30.3 Å². The minimum atomic E-state index is -4.35. The summed E-state index contributed by atoms with van der Waals surface area (Å²) in [6.07, 6.45) is -4.35. The van der Waals surface area contributed by atoms with Gasteiger partial charge in [0, 0.05) is 18.0 Å². The van der Waals surface area contributed by atoms with E-state index in [4.69, 9.17) is 16.3 Å². The van der Waals surface area contributed by atoms with Crippen molar-refractivity contribution >= 4 is 22.9 Å². The maximum atomic E-state index is 12.5. The molecule has 1 aromatic carbocycles. The number of nitrogens with one attached hydrogen (secondary N) is 1. The maximum Gasteiger partial charge on any atom is 0.416 e. The van der Waals surface area contributed by atoms with Crippen LogP contribution in [0.1, 0.15) is 10.4 Å². The lowest BCUT2D eigenvalue weighted by Crippen LogP contribution is -2.20. The summed E-state index contributed by atoms with van der Waals surface area (Å²) in [5.74, 6) is 0.214. The number of ether oxygens (including phenoxy) is 1. The second kappa shape index (κ2) is 7.15. The van der Waals surface area contributed by atoms with Crippen molar-refractivity contribution in [2.24, 2.45) is 0 Å². The van der Waals surface area contributed by atoms with Crippen LogP contribution in [0.25, 0.3) is 0 Å². The molecular weight excluding hydrogens is 323 g/mol. The predicted molar refractivity (Wildman–Crippen MR) is 78.0 cm³/mol. The Labute approximate surface area is 129 Å². The van der Waals surface area contributed by atoms with Gasteiger partial charge in [0.2, 0.25) is 0 Å². The average Bonchev–Trinajstić information content (AvgIpc) is 2.83. The molecule has 0 amide bonds. The molecule has 0 radical (unpaired) electrons. The van der Waals surface area contributed by atoms with Crippen LogP contribution in [0.3, 0.4) is 0 Å². The van der Waals surface area contributed by atoms with Crippen LogP contribution in [0.5, 0.6) is 5.75 Å². The molecule has 0 atom stereocenters. The molecule has 21 heavy (non-hydrogen) atoms. The third kappa shape index (κ3) is 5.22. The molecule has 7 heteroatoms. The van der Waals surface area contributed by atoms with Gasteiger partial charge in [-0.1, -0.05) is 17.7 Å². The summed E-state index contributed by atoms with van der Waals surface area (Å²) < 4.78 is 43.6. The molecule has 0 aliphatic carbocycles. The Bertz CT molecular complexity index is 586. The van der Waals surface area contributed by atoms with Crippen LogP contribution in [-0.2, 0) is 12.7 Å². The van der Waals surface area contributed by atoms with Crippen LogP contribution in [0.4, 0.5) is 13.2 Å². The molecule has 0 aliphatic rings. The van der Waals surface area contributed by atoms with Gasteiger partial charge >= 0.3 is 6.18 Å². The standard InChI is InChI=1S/C14H13ClF3NOS/c15-13-5-4-12(21-13)9-19-6-7-20-11-3-1-2-10(8-11)14(16,17)18/h1-5,8,19H,6-7,9H2. The second-order valence-electron chi connectivity index (χ2n) is 4.26. The van der Waals surface area contributed by atoms with Gasteiger partial charge < -0.3 is 10.1 Å². The molecule has 1 aromatic heterocycles. The summed E-state index contributed by atoms with van der Waals surface area (Å²) >= 11 is 7.29. The Morgan fingerprint density at radius 2 is 2.00 bits per heavy atom. The molecule has 0 saturated carbocycles. The first-order valence-electron chi connectivity index (χ1n) is 6.20. The lowest BCUT2D eigenvalue weighted by Gasteiger charge is -2.10. The van der Waals surface area contributed by atoms with E-state index in [-0.39, 0.29) is 5.75 Å². The fourth-order valence-electron chi connectivity index (χ4n) is 1.66. The minimum absolute atomic E-state index is 0.214. The molecular formula is C14H13ClF3NOS. The molecule has 1 N–H and O–H groups in total. The zero-order valence-corrected chi connectivity index (χ0v) is 12.5. The van der Waals surface area contributed by atoms with E-state index >= 15 is 0 Å². The summed E-state index contributed by atoms with van der Waals surface area (Å²) in [6, 6.07) is 8.61. The number of alkyl halides is 3. The largest absolute Gasteiger partial charge is 0.492 e. The SMILES string of the molecule is FC(F)(F)c1cccc(OCCNCc2ccc(Cl)s2)c1. The van der Waals surface area contributed by atoms with Crippen LogP contribution in [0.2, 0.25) is 4.34 Å². The summed E-state index contributed by atoms with van der Waals surface area (Å²) in [5, 5.41) is 3.13. The lowest BCUT2D eigenvalue weighted by atomic mass is 10.2. The number of rotatable bonds is 6. The highest BCUT2D eigenvalue weighted by Crippen LogP contribution is 2.31. The highest BCUT2D eigenvalue weighted by Gasteiger charge is 2.30. The van der Waals surface area contributed by atoms with E-state index < -0.39 is 11.7 Å². The van der Waals surface area contributed by atoms with Crippen molar-refractivity contribution < 1.29 is 17.9 Å². The molecule has 2 nitrogen and oxygen atoms in total. The van der Waals surface area contributed by atoms with Gasteiger partial charge in [-0.15, -0.1) is 11.3 Å². The molecule has 2 aromatic rings. The molecule has 0 bridgehead atoms. The quantitative estimate of drug-likeness (QED) is 0.780. The van der Waals surface area contributed by atoms with Gasteiger partial charge in [-0.25, -0.2) is 0 Å². The van der Waals surface area contributed by atoms with E-state index in [1.807, 2.05) is 12.1 Å². The first kappa shape index (κ1) is 16.1. The molecule has 2 rings (SSSR count). The van der Waals surface area contributed by atoms with Gasteiger partial charge in [0.15, 0.2) is 0 Å². The number of thiophene rings is 1. The van der Waals surface area contributed by atoms with E-state index in [1.165, 1.54) is 23.5 Å². The van der Waals surface area contributed by atoms with E-state index in [0.717, 1.165) is 21.3 Å². The van der Waals surface area contributed by atoms with Gasteiger partial charge in [0.05, 0.1) is 9.90 Å². The lowest BCUT2D eigenvalue weighted by molar-refractivity contribution is -0.137. The van der Waals surface area contributed by atoms with Crippen molar-refractivity contribution in [2.75, 3.05) is 13.2 Å². The zero-order valence-electron chi connectivity index (χ0n) is 10.9. The Hall–Kier alpha value is -1.24. The van der Waals surface area contributed by atoms with Crippen molar-refractivity contribution in [3.05, 3.63) is 51.2 Å². The summed E-state index contributed by atoms with van der Waals surface area (Å²) in [4.78, 5) is 1.10. The van der Waals surface area contributed by atoms with Crippen molar-refractivity contribution in [2.45, 2.75) is 12.7 Å². The van der Waals surface area contributed by atoms with E-state index in [0.29, 0.717) is 19.7 Å². The molecule has 0 unspecified atom stereocenters. The van der Waals surface area contributed by atoms with Crippen molar-refractivity contribution in [1.29, 1.82) is 0 Å². The first-order chi connectivity index (χ1) is 9.95. The fourth-order valence-corrected chi connectivity index (χ4v) is 2.72. The predicted octanol–water partition coefficient (Wildman–Crippen LogP) is 4.59. The highest BCUT2D eigenvalue weighted by atomic mass is 35.5. The zero-order chi connectivity index (χ0) is 15.3. The summed E-state index contributed by atoms with van der Waals surface area (Å²) in [7, 11) is 0. The smallest absolute Gasteiger partial charge is 0.416 e. The summed E-state index contributed by atoms with van der Waals surface area (Å²) in [5.41, 5.74) is -0.707. The minimum Gasteiger partial charge on any atom is -0.492 e. The van der Waals surface area contributed by atoms with E-state index in [9.17, 15) is 13.2 Å². The molecule has 0 fully saturated rings. The average molecular weight is 336 g/mol. The van der Waals surface area contributed by atoms with Crippen LogP contribution in [0, 0.1) is 0 Å². The van der Waals surface area contributed by atoms with Crippen molar-refractivity contribution in [3.8, 4) is 5.75 Å². The normalized spacial score (nSPS) is 11.6. The molecule has 0 aliphatic heterocycles. The number of halogens is 4. The third-order valence-corrected chi connectivity index (χ3v) is 3.87. The van der Waals surface area contributed by atoms with Crippen LogP contribution >= 0.6 is 22.9 Å². The number of benzene rings is 1. The van der Waals surface area contributed by atoms with Gasteiger partial charge in [-0.2, -0.15) is 13.2 Å². The Morgan fingerprint density at radius 1 is 1.19 bits per heavy atom. The molecule has 0 spiro atoms. The van der Waals surface area contributed by atoms with E-state index in [1.54, 1.807) is 0 Å². The Balaban J connectivity index is 1.73. The van der Waals surface area contributed by atoms with Crippen molar-refractivity contribution in [1.82, 2.24) is 5.32 Å². The Kier molecular flexibility index (Phi) is 5.50. The second-order valence-corrected chi connectivity index (χ2v) is 6.06. The van der Waals surface area contributed by atoms with Crippen LogP contribution in [0.15, 0.2) is 36.4 Å². The number of hydrogen-bond donors (Lipinski definition) is 1. The maximum absolute atomic E-state index is 12.5. The van der Waals surface area contributed by atoms with E-state index in [2.05, 4.69) is 5.32 Å². The molecule has 1 heterocycles. The summed E-state index contributed by atoms with van der Waals surface area (Å²) in [6.45, 7) is 1.48. The van der Waals surface area contributed by atoms with Gasteiger partial charge in [0.1, 0.15) is 12.4 Å². The highest BCUT2D eigenvalue weighted by molar-refractivity contribution is 7.16. The topological polar surface area (TPSA) is 21.3 Å². The van der Waals surface area contributed by atoms with Crippen LogP contribution < -0.4 is 10.1 Å². The van der Waals surface area contributed by atoms with Crippen molar-refractivity contribution in [3.63, 3.8) is 0 Å².